The van der Waals surface area contributed by atoms with E-state index >= 15 is 0 Å². The Morgan fingerprint density at radius 1 is 1.10 bits per heavy atom. The lowest BCUT2D eigenvalue weighted by molar-refractivity contribution is 0.0527. The van der Waals surface area contributed by atoms with Crippen LogP contribution in [0, 0.1) is 0 Å². The number of pyridine rings is 1. The summed E-state index contributed by atoms with van der Waals surface area (Å²) in [6, 6.07) is 19.8. The molecular formula is C24H23ClN4O2. The van der Waals surface area contributed by atoms with Gasteiger partial charge in [-0.25, -0.2) is 14.5 Å². The van der Waals surface area contributed by atoms with Crippen molar-refractivity contribution in [2.75, 3.05) is 11.9 Å². The zero-order valence-corrected chi connectivity index (χ0v) is 17.9. The van der Waals surface area contributed by atoms with Crippen LogP contribution in [0.4, 0.5) is 5.69 Å². The second-order valence-corrected chi connectivity index (χ2v) is 7.58. The molecule has 0 fully saturated rings. The van der Waals surface area contributed by atoms with Crippen LogP contribution in [0.5, 0.6) is 0 Å². The third-order valence-corrected chi connectivity index (χ3v) is 5.36. The molecule has 0 saturated carbocycles. The lowest BCUT2D eigenvalue weighted by Crippen LogP contribution is -2.12. The Hall–Kier alpha value is -3.38. The highest BCUT2D eigenvalue weighted by atomic mass is 35.5. The van der Waals surface area contributed by atoms with Gasteiger partial charge in [0.15, 0.2) is 5.65 Å². The number of hydrogen-bond donors (Lipinski definition) is 1. The Morgan fingerprint density at radius 2 is 1.81 bits per heavy atom. The molecule has 0 bridgehead atoms. The smallest absolute Gasteiger partial charge is 0.341 e. The van der Waals surface area contributed by atoms with Gasteiger partial charge in [-0.1, -0.05) is 60.7 Å². The predicted octanol–water partition coefficient (Wildman–Crippen LogP) is 5.20. The summed E-state index contributed by atoms with van der Waals surface area (Å²) >= 11 is 6.62. The first-order valence-corrected chi connectivity index (χ1v) is 10.6. The molecule has 7 heteroatoms. The number of carbonyl (C=O) groups excluding carboxylic acids is 1. The van der Waals surface area contributed by atoms with Crippen molar-refractivity contribution in [3.8, 4) is 0 Å². The Labute approximate surface area is 185 Å². The SMILES string of the molecule is CCOC(=O)c1cnc2c(cnn2CC(Cl)c2ccccc2)c1NCc1ccccc1. The van der Waals surface area contributed by atoms with Gasteiger partial charge in [0.2, 0.25) is 0 Å². The largest absolute Gasteiger partial charge is 0.462 e. The molecule has 2 heterocycles. The molecule has 6 nitrogen and oxygen atoms in total. The molecule has 1 N–H and O–H groups in total. The van der Waals surface area contributed by atoms with Crippen LogP contribution >= 0.6 is 11.6 Å². The maximum atomic E-state index is 12.5. The highest BCUT2D eigenvalue weighted by molar-refractivity contribution is 6.20. The number of nitrogens with one attached hydrogen (secondary N) is 1. The minimum atomic E-state index is -0.417. The van der Waals surface area contributed by atoms with Gasteiger partial charge in [-0.05, 0) is 18.1 Å². The maximum Gasteiger partial charge on any atom is 0.341 e. The second-order valence-electron chi connectivity index (χ2n) is 7.05. The lowest BCUT2D eigenvalue weighted by atomic mass is 10.1. The molecule has 4 rings (SSSR count). The zero-order valence-electron chi connectivity index (χ0n) is 17.2. The Balaban J connectivity index is 1.68. The second kappa shape index (κ2) is 9.62. The Kier molecular flexibility index (Phi) is 6.48. The quantitative estimate of drug-likeness (QED) is 0.305. The van der Waals surface area contributed by atoms with Crippen LogP contribution in [-0.2, 0) is 17.8 Å². The molecule has 0 amide bonds. The van der Waals surface area contributed by atoms with Gasteiger partial charge in [0, 0.05) is 12.7 Å². The van der Waals surface area contributed by atoms with E-state index in [4.69, 9.17) is 16.3 Å². The van der Waals surface area contributed by atoms with Crippen LogP contribution in [0.25, 0.3) is 11.0 Å². The van der Waals surface area contributed by atoms with E-state index in [0.717, 1.165) is 16.5 Å². The molecule has 1 atom stereocenters. The van der Waals surface area contributed by atoms with Crippen LogP contribution in [0.3, 0.4) is 0 Å². The molecule has 0 spiro atoms. The number of rotatable bonds is 8. The number of halogens is 1. The standard InChI is InChI=1S/C24H23ClN4O2/c1-2-31-24(30)20-14-27-23-19(22(20)26-13-17-9-5-3-6-10-17)15-28-29(23)16-21(25)18-11-7-4-8-12-18/h3-12,14-15,21H,2,13,16H2,1H3,(H,26,27). The number of carbonyl (C=O) groups is 1. The molecule has 0 radical (unpaired) electrons. The van der Waals surface area contributed by atoms with E-state index in [1.807, 2.05) is 60.7 Å². The molecule has 0 saturated heterocycles. The monoisotopic (exact) mass is 434 g/mol. The van der Waals surface area contributed by atoms with Crippen molar-refractivity contribution in [1.82, 2.24) is 14.8 Å². The lowest BCUT2D eigenvalue weighted by Gasteiger charge is -2.14. The Morgan fingerprint density at radius 3 is 2.52 bits per heavy atom. The van der Waals surface area contributed by atoms with Crippen molar-refractivity contribution in [2.24, 2.45) is 0 Å². The van der Waals surface area contributed by atoms with E-state index in [1.165, 1.54) is 6.20 Å². The normalized spacial score (nSPS) is 11.9. The fourth-order valence-corrected chi connectivity index (χ4v) is 3.70. The molecule has 0 aliphatic heterocycles. The maximum absolute atomic E-state index is 12.5. The van der Waals surface area contributed by atoms with Crippen LogP contribution < -0.4 is 5.32 Å². The van der Waals surface area contributed by atoms with Crippen molar-refractivity contribution in [2.45, 2.75) is 25.4 Å². The number of nitrogens with zero attached hydrogens (tertiary/aromatic N) is 3. The summed E-state index contributed by atoms with van der Waals surface area (Å²) < 4.78 is 7.00. The van der Waals surface area contributed by atoms with Gasteiger partial charge in [-0.3, -0.25) is 0 Å². The number of anilines is 1. The number of alkyl halides is 1. The average molecular weight is 435 g/mol. The van der Waals surface area contributed by atoms with Gasteiger partial charge in [0.05, 0.1) is 35.8 Å². The summed E-state index contributed by atoms with van der Waals surface area (Å²) in [6.45, 7) is 3.08. The molecule has 1 unspecified atom stereocenters. The van der Waals surface area contributed by atoms with Gasteiger partial charge >= 0.3 is 5.97 Å². The third kappa shape index (κ3) is 4.70. The summed E-state index contributed by atoms with van der Waals surface area (Å²) in [5.41, 5.74) is 3.81. The van der Waals surface area contributed by atoms with Gasteiger partial charge in [0.25, 0.3) is 0 Å². The van der Waals surface area contributed by atoms with E-state index in [2.05, 4.69) is 15.4 Å². The average Bonchev–Trinajstić information content (AvgIpc) is 3.21. The van der Waals surface area contributed by atoms with Crippen LogP contribution in [0.1, 0.15) is 33.8 Å². The molecule has 31 heavy (non-hydrogen) atoms. The molecule has 2 aromatic carbocycles. The number of benzene rings is 2. The topological polar surface area (TPSA) is 69.0 Å². The molecule has 2 aromatic heterocycles. The van der Waals surface area contributed by atoms with Crippen molar-refractivity contribution in [3.05, 3.63) is 89.7 Å². The van der Waals surface area contributed by atoms with Crippen LogP contribution in [0.15, 0.2) is 73.1 Å². The van der Waals surface area contributed by atoms with Crippen LogP contribution in [-0.4, -0.2) is 27.3 Å². The van der Waals surface area contributed by atoms with E-state index in [1.54, 1.807) is 17.8 Å². The van der Waals surface area contributed by atoms with E-state index in [0.29, 0.717) is 36.6 Å². The predicted molar refractivity (Wildman–Crippen MR) is 122 cm³/mol. The Bertz CT molecular complexity index is 1160. The highest BCUT2D eigenvalue weighted by Crippen LogP contribution is 2.29. The van der Waals surface area contributed by atoms with Crippen molar-refractivity contribution in [1.29, 1.82) is 0 Å². The fraction of sp³-hybridized carbons (Fsp3) is 0.208. The highest BCUT2D eigenvalue weighted by Gasteiger charge is 2.20. The minimum Gasteiger partial charge on any atom is -0.462 e. The van der Waals surface area contributed by atoms with Crippen molar-refractivity contribution >= 4 is 34.3 Å². The van der Waals surface area contributed by atoms with Gasteiger partial charge in [-0.2, -0.15) is 5.10 Å². The molecular weight excluding hydrogens is 412 g/mol. The van der Waals surface area contributed by atoms with E-state index < -0.39 is 5.97 Å². The van der Waals surface area contributed by atoms with Gasteiger partial charge < -0.3 is 10.1 Å². The van der Waals surface area contributed by atoms with Crippen molar-refractivity contribution < 1.29 is 9.53 Å². The summed E-state index contributed by atoms with van der Waals surface area (Å²) in [6.07, 6.45) is 3.25. The first kappa shape index (κ1) is 20.9. The van der Waals surface area contributed by atoms with Crippen molar-refractivity contribution in [3.63, 3.8) is 0 Å². The number of hydrogen-bond acceptors (Lipinski definition) is 5. The van der Waals surface area contributed by atoms with Gasteiger partial charge in [0.1, 0.15) is 5.56 Å². The first-order valence-electron chi connectivity index (χ1n) is 10.2. The summed E-state index contributed by atoms with van der Waals surface area (Å²) in [5, 5.41) is 8.38. The number of fused-ring (bicyclic) bond motifs is 1. The van der Waals surface area contributed by atoms with E-state index in [-0.39, 0.29) is 5.38 Å². The molecule has 0 aliphatic carbocycles. The summed E-state index contributed by atoms with van der Waals surface area (Å²) in [5.74, 6) is -0.417. The first-order chi connectivity index (χ1) is 15.2. The summed E-state index contributed by atoms with van der Waals surface area (Å²) in [4.78, 5) is 17.0. The number of aromatic nitrogens is 3. The summed E-state index contributed by atoms with van der Waals surface area (Å²) in [7, 11) is 0. The molecule has 158 valence electrons. The number of esters is 1. The van der Waals surface area contributed by atoms with Crippen LogP contribution in [0.2, 0.25) is 0 Å². The molecule has 4 aromatic rings. The fourth-order valence-electron chi connectivity index (χ4n) is 3.42. The molecule has 0 aliphatic rings. The number of ether oxygens (including phenoxy) is 1. The minimum absolute atomic E-state index is 0.253. The van der Waals surface area contributed by atoms with Gasteiger partial charge in [-0.15, -0.1) is 11.6 Å². The van der Waals surface area contributed by atoms with E-state index in [9.17, 15) is 4.79 Å². The zero-order chi connectivity index (χ0) is 21.6. The third-order valence-electron chi connectivity index (χ3n) is 4.97.